The summed E-state index contributed by atoms with van der Waals surface area (Å²) >= 11 is 0. The maximum Gasteiger partial charge on any atom is 0.0524 e. The van der Waals surface area contributed by atoms with Crippen LogP contribution in [0.3, 0.4) is 0 Å². The van der Waals surface area contributed by atoms with Gasteiger partial charge in [-0.3, -0.25) is 0 Å². The van der Waals surface area contributed by atoms with Gasteiger partial charge in [-0.25, -0.2) is 0 Å². The Labute approximate surface area is 113 Å². The van der Waals surface area contributed by atoms with Crippen molar-refractivity contribution in [1.29, 1.82) is 0 Å². The minimum absolute atomic E-state index is 0.176. The van der Waals surface area contributed by atoms with Gasteiger partial charge in [-0.15, -0.1) is 0 Å². The number of aliphatic hydroxyl groups excluding tert-OH is 1. The van der Waals surface area contributed by atoms with Gasteiger partial charge >= 0.3 is 0 Å². The summed E-state index contributed by atoms with van der Waals surface area (Å²) in [6.45, 7) is 8.59. The molecule has 0 aromatic rings. The van der Waals surface area contributed by atoms with Crippen molar-refractivity contribution in [3.63, 3.8) is 0 Å². The number of rotatable bonds is 9. The summed E-state index contributed by atoms with van der Waals surface area (Å²) < 4.78 is 0. The van der Waals surface area contributed by atoms with Crippen LogP contribution in [0.2, 0.25) is 0 Å². The highest BCUT2D eigenvalue weighted by Gasteiger charge is 2.34. The van der Waals surface area contributed by atoms with E-state index in [-0.39, 0.29) is 6.10 Å². The van der Waals surface area contributed by atoms with Gasteiger partial charge in [0.05, 0.1) is 6.10 Å². The van der Waals surface area contributed by atoms with E-state index in [1.807, 2.05) is 6.92 Å². The summed E-state index contributed by atoms with van der Waals surface area (Å²) in [5, 5.41) is 13.0. The molecule has 1 unspecified atom stereocenters. The van der Waals surface area contributed by atoms with Gasteiger partial charge in [0.2, 0.25) is 0 Å². The van der Waals surface area contributed by atoms with Crippen molar-refractivity contribution in [1.82, 2.24) is 10.2 Å². The van der Waals surface area contributed by atoms with E-state index in [2.05, 4.69) is 24.2 Å². The lowest BCUT2D eigenvalue weighted by Crippen LogP contribution is -2.42. The maximum atomic E-state index is 9.36. The van der Waals surface area contributed by atoms with Gasteiger partial charge in [0.15, 0.2) is 0 Å². The number of nitrogens with one attached hydrogen (secondary N) is 1. The summed E-state index contributed by atoms with van der Waals surface area (Å²) in [6.07, 6.45) is 7.43. The van der Waals surface area contributed by atoms with E-state index in [4.69, 9.17) is 0 Å². The molecule has 0 radical (unpaired) electrons. The number of nitrogens with zero attached hydrogens (tertiary/aromatic N) is 1. The van der Waals surface area contributed by atoms with Crippen LogP contribution < -0.4 is 5.32 Å². The van der Waals surface area contributed by atoms with E-state index in [9.17, 15) is 5.11 Å². The molecule has 0 bridgehead atoms. The quantitative estimate of drug-likeness (QED) is 0.621. The minimum Gasteiger partial charge on any atom is -0.393 e. The Morgan fingerprint density at radius 2 is 2.00 bits per heavy atom. The Bertz CT molecular complexity index is 213. The van der Waals surface area contributed by atoms with Crippen molar-refractivity contribution in [2.75, 3.05) is 33.2 Å². The fourth-order valence-corrected chi connectivity index (χ4v) is 3.10. The van der Waals surface area contributed by atoms with Crippen LogP contribution in [0.4, 0.5) is 0 Å². The van der Waals surface area contributed by atoms with Gasteiger partial charge in [0, 0.05) is 19.6 Å². The predicted octanol–water partition coefficient (Wildman–Crippen LogP) is 2.25. The summed E-state index contributed by atoms with van der Waals surface area (Å²) in [7, 11) is 2.20. The molecule has 1 aliphatic carbocycles. The monoisotopic (exact) mass is 256 g/mol. The zero-order valence-corrected chi connectivity index (χ0v) is 12.5. The molecule has 1 fully saturated rings. The van der Waals surface area contributed by atoms with E-state index in [1.165, 1.54) is 45.2 Å². The topological polar surface area (TPSA) is 35.5 Å². The van der Waals surface area contributed by atoms with Crippen molar-refractivity contribution >= 4 is 0 Å². The first-order valence-corrected chi connectivity index (χ1v) is 7.65. The second kappa shape index (κ2) is 8.13. The summed E-state index contributed by atoms with van der Waals surface area (Å²) in [5.41, 5.74) is 0.489. The van der Waals surface area contributed by atoms with Gasteiger partial charge < -0.3 is 15.3 Å². The van der Waals surface area contributed by atoms with Crippen LogP contribution in [0.15, 0.2) is 0 Å². The fraction of sp³-hybridized carbons (Fsp3) is 1.00. The molecule has 1 rings (SSSR count). The van der Waals surface area contributed by atoms with Crippen molar-refractivity contribution in [3.8, 4) is 0 Å². The first-order valence-electron chi connectivity index (χ1n) is 7.65. The van der Waals surface area contributed by atoms with E-state index in [0.29, 0.717) is 5.41 Å². The van der Waals surface area contributed by atoms with Crippen LogP contribution in [-0.2, 0) is 0 Å². The summed E-state index contributed by atoms with van der Waals surface area (Å²) in [5.74, 6) is 0. The van der Waals surface area contributed by atoms with Gasteiger partial charge in [-0.05, 0) is 51.6 Å². The minimum atomic E-state index is -0.176. The first-order chi connectivity index (χ1) is 8.58. The largest absolute Gasteiger partial charge is 0.393 e. The van der Waals surface area contributed by atoms with Gasteiger partial charge in [0.25, 0.3) is 0 Å². The third-order valence-electron chi connectivity index (χ3n) is 4.12. The smallest absolute Gasteiger partial charge is 0.0524 e. The SMILES string of the molecule is CCCNCC1(CN(C)CCC(C)O)CCCC1. The van der Waals surface area contributed by atoms with Crippen LogP contribution in [0.1, 0.15) is 52.4 Å². The molecule has 3 heteroatoms. The lowest BCUT2D eigenvalue weighted by Gasteiger charge is -2.34. The van der Waals surface area contributed by atoms with Gasteiger partial charge in [-0.1, -0.05) is 19.8 Å². The Kier molecular flexibility index (Phi) is 7.20. The van der Waals surface area contributed by atoms with E-state index in [0.717, 1.165) is 19.5 Å². The zero-order chi connectivity index (χ0) is 13.4. The highest BCUT2D eigenvalue weighted by molar-refractivity contribution is 4.89. The molecule has 3 nitrogen and oxygen atoms in total. The molecule has 0 aromatic heterocycles. The molecule has 1 atom stereocenters. The summed E-state index contributed by atoms with van der Waals surface area (Å²) in [6, 6.07) is 0. The molecule has 0 aromatic carbocycles. The molecule has 1 aliphatic rings. The lowest BCUT2D eigenvalue weighted by molar-refractivity contribution is 0.134. The Balaban J connectivity index is 2.36. The van der Waals surface area contributed by atoms with E-state index < -0.39 is 0 Å². The maximum absolute atomic E-state index is 9.36. The molecule has 0 spiro atoms. The molecular weight excluding hydrogens is 224 g/mol. The Hall–Kier alpha value is -0.120. The standard InChI is InChI=1S/C15H32N2O/c1-4-10-16-12-15(8-5-6-9-15)13-17(3)11-7-14(2)18/h14,16,18H,4-13H2,1-3H3. The molecule has 2 N–H and O–H groups in total. The predicted molar refractivity (Wildman–Crippen MR) is 77.9 cm³/mol. The second-order valence-corrected chi connectivity index (χ2v) is 6.26. The van der Waals surface area contributed by atoms with Crippen LogP contribution >= 0.6 is 0 Å². The number of hydrogen-bond acceptors (Lipinski definition) is 3. The molecule has 0 amide bonds. The third-order valence-corrected chi connectivity index (χ3v) is 4.12. The summed E-state index contributed by atoms with van der Waals surface area (Å²) in [4.78, 5) is 2.41. The highest BCUT2D eigenvalue weighted by atomic mass is 16.3. The molecule has 108 valence electrons. The molecule has 0 heterocycles. The van der Waals surface area contributed by atoms with Crippen LogP contribution in [-0.4, -0.2) is 49.3 Å². The second-order valence-electron chi connectivity index (χ2n) is 6.26. The van der Waals surface area contributed by atoms with Crippen molar-refractivity contribution in [3.05, 3.63) is 0 Å². The van der Waals surface area contributed by atoms with E-state index in [1.54, 1.807) is 0 Å². The molecule has 1 saturated carbocycles. The zero-order valence-electron chi connectivity index (χ0n) is 12.5. The van der Waals surface area contributed by atoms with Crippen molar-refractivity contribution in [2.45, 2.75) is 58.5 Å². The Morgan fingerprint density at radius 3 is 2.56 bits per heavy atom. The molecule has 18 heavy (non-hydrogen) atoms. The van der Waals surface area contributed by atoms with Crippen LogP contribution in [0.5, 0.6) is 0 Å². The third kappa shape index (κ3) is 5.68. The highest BCUT2D eigenvalue weighted by Crippen LogP contribution is 2.38. The van der Waals surface area contributed by atoms with Gasteiger partial charge in [0.1, 0.15) is 0 Å². The number of hydrogen-bond donors (Lipinski definition) is 2. The molecule has 0 aliphatic heterocycles. The molecular formula is C15H32N2O. The van der Waals surface area contributed by atoms with E-state index >= 15 is 0 Å². The number of aliphatic hydroxyl groups is 1. The van der Waals surface area contributed by atoms with Crippen molar-refractivity contribution in [2.24, 2.45) is 5.41 Å². The average Bonchev–Trinajstić information content (AvgIpc) is 2.76. The fourth-order valence-electron chi connectivity index (χ4n) is 3.10. The normalized spacial score (nSPS) is 20.5. The molecule has 0 saturated heterocycles. The van der Waals surface area contributed by atoms with Crippen LogP contribution in [0, 0.1) is 5.41 Å². The Morgan fingerprint density at radius 1 is 1.33 bits per heavy atom. The average molecular weight is 256 g/mol. The van der Waals surface area contributed by atoms with Gasteiger partial charge in [-0.2, -0.15) is 0 Å². The van der Waals surface area contributed by atoms with Crippen LogP contribution in [0.25, 0.3) is 0 Å². The lowest BCUT2D eigenvalue weighted by atomic mass is 9.85. The van der Waals surface area contributed by atoms with Crippen molar-refractivity contribution < 1.29 is 5.11 Å². The first kappa shape index (κ1) is 15.9.